The van der Waals surface area contributed by atoms with Gasteiger partial charge in [-0.1, -0.05) is 37.8 Å². The van der Waals surface area contributed by atoms with Crippen LogP contribution in [0.5, 0.6) is 5.75 Å². The maximum atomic E-state index is 12.2. The van der Waals surface area contributed by atoms with Gasteiger partial charge in [0.1, 0.15) is 5.75 Å². The summed E-state index contributed by atoms with van der Waals surface area (Å²) in [7, 11) is 3.51. The molecule has 1 unspecified atom stereocenters. The van der Waals surface area contributed by atoms with E-state index < -0.39 is 0 Å². The van der Waals surface area contributed by atoms with Crippen molar-refractivity contribution in [3.05, 3.63) is 65.7 Å². The van der Waals surface area contributed by atoms with Crippen LogP contribution in [0.4, 0.5) is 5.69 Å². The number of nitrogens with zero attached hydrogens (tertiary/aromatic N) is 1. The van der Waals surface area contributed by atoms with E-state index in [0.717, 1.165) is 22.6 Å². The van der Waals surface area contributed by atoms with E-state index in [1.165, 1.54) is 0 Å². The van der Waals surface area contributed by atoms with Gasteiger partial charge in [-0.2, -0.15) is 0 Å². The molecule has 3 amide bonds. The third kappa shape index (κ3) is 5.99. The van der Waals surface area contributed by atoms with Crippen molar-refractivity contribution in [1.82, 2.24) is 15.5 Å². The highest BCUT2D eigenvalue weighted by Gasteiger charge is 2.25. The summed E-state index contributed by atoms with van der Waals surface area (Å²) in [5.74, 6) is 0.384. The number of imide groups is 1. The van der Waals surface area contributed by atoms with Crippen molar-refractivity contribution < 1.29 is 19.1 Å². The molecule has 0 radical (unpaired) electrons. The molecule has 1 fully saturated rings. The van der Waals surface area contributed by atoms with Gasteiger partial charge in [-0.3, -0.25) is 19.7 Å². The summed E-state index contributed by atoms with van der Waals surface area (Å²) in [6.45, 7) is 6.21. The number of fused-ring (bicyclic) bond motifs is 1. The second-order valence-corrected chi connectivity index (χ2v) is 8.53. The summed E-state index contributed by atoms with van der Waals surface area (Å²) in [5.41, 5.74) is 3.92. The molecule has 0 bridgehead atoms. The van der Waals surface area contributed by atoms with Crippen LogP contribution in [0.15, 0.2) is 49.0 Å². The van der Waals surface area contributed by atoms with Gasteiger partial charge >= 0.3 is 0 Å². The van der Waals surface area contributed by atoms with Crippen molar-refractivity contribution >= 4 is 46.4 Å². The molecule has 178 valence electrons. The van der Waals surface area contributed by atoms with Crippen LogP contribution in [0.2, 0.25) is 0 Å². The summed E-state index contributed by atoms with van der Waals surface area (Å²) in [6.07, 6.45) is 1.19. The zero-order valence-corrected chi connectivity index (χ0v) is 20.3. The Morgan fingerprint density at radius 1 is 1.21 bits per heavy atom. The van der Waals surface area contributed by atoms with Crippen LogP contribution in [0.25, 0.3) is 5.70 Å². The molecular weight excluding hydrogens is 452 g/mol. The normalized spacial score (nSPS) is 16.5. The Morgan fingerprint density at radius 3 is 2.62 bits per heavy atom. The number of ether oxygens (including phenoxy) is 1. The number of methoxy groups -OCH3 is 1. The number of piperidine rings is 1. The van der Waals surface area contributed by atoms with E-state index in [4.69, 9.17) is 17.0 Å². The Labute approximate surface area is 204 Å². The van der Waals surface area contributed by atoms with Crippen LogP contribution in [-0.2, 0) is 16.1 Å². The summed E-state index contributed by atoms with van der Waals surface area (Å²) in [5, 5.41) is 8.76. The van der Waals surface area contributed by atoms with E-state index >= 15 is 0 Å². The highest BCUT2D eigenvalue weighted by Crippen LogP contribution is 2.27. The summed E-state index contributed by atoms with van der Waals surface area (Å²) < 4.78 is 5.22. The second-order valence-electron chi connectivity index (χ2n) is 8.14. The van der Waals surface area contributed by atoms with Crippen LogP contribution < -0.4 is 20.7 Å². The standard InChI is InChI=1S/C19H19N3O2S.C6H9NO2/c1-12-16-9-4-6-13(17(16)18(23)20-12)11-22(2)19(25)21-14-7-5-8-15(10-14)24-3;1-4-2-3-5(8)7-6(4)9/h4-10H,1,11H2,2-3H3,(H,20,23)(H,21,25);4H,2-3H2,1H3,(H,7,8,9). The minimum Gasteiger partial charge on any atom is -0.497 e. The molecule has 4 rings (SSSR count). The van der Waals surface area contributed by atoms with Crippen molar-refractivity contribution in [1.29, 1.82) is 0 Å². The van der Waals surface area contributed by atoms with Gasteiger partial charge in [0.05, 0.1) is 12.7 Å². The Kier molecular flexibility index (Phi) is 8.01. The second kappa shape index (κ2) is 10.9. The number of anilines is 1. The lowest BCUT2D eigenvalue weighted by Gasteiger charge is -2.22. The van der Waals surface area contributed by atoms with Crippen molar-refractivity contribution in [3.8, 4) is 5.75 Å². The molecule has 0 aliphatic carbocycles. The van der Waals surface area contributed by atoms with Crippen molar-refractivity contribution in [2.24, 2.45) is 5.92 Å². The Hall–Kier alpha value is -3.72. The molecular formula is C25H28N4O4S. The summed E-state index contributed by atoms with van der Waals surface area (Å²) in [4.78, 5) is 35.2. The fourth-order valence-corrected chi connectivity index (χ4v) is 3.75. The van der Waals surface area contributed by atoms with Gasteiger partial charge in [0.15, 0.2) is 5.11 Å². The fourth-order valence-electron chi connectivity index (χ4n) is 3.57. The maximum Gasteiger partial charge on any atom is 0.256 e. The van der Waals surface area contributed by atoms with E-state index in [0.29, 0.717) is 35.8 Å². The molecule has 2 aliphatic rings. The maximum absolute atomic E-state index is 12.2. The number of thiocarbonyl (C=S) groups is 1. The number of carbonyl (C=O) groups excluding carboxylic acids is 3. The molecule has 0 saturated carbocycles. The lowest BCUT2D eigenvalue weighted by atomic mass is 10.0. The molecule has 34 heavy (non-hydrogen) atoms. The minimum atomic E-state index is -0.141. The fraction of sp³-hybridized carbons (Fsp3) is 0.280. The number of hydrogen-bond acceptors (Lipinski definition) is 5. The van der Waals surface area contributed by atoms with E-state index in [2.05, 4.69) is 22.5 Å². The number of amides is 3. The van der Waals surface area contributed by atoms with E-state index in [9.17, 15) is 14.4 Å². The SMILES string of the molecule is C=C1NC(=O)c2c(CN(C)C(=S)Nc3cccc(OC)c3)cccc21.CC1CCC(=O)NC1=O. The Bertz CT molecular complexity index is 1150. The smallest absolute Gasteiger partial charge is 0.256 e. The van der Waals surface area contributed by atoms with Crippen LogP contribution >= 0.6 is 12.2 Å². The van der Waals surface area contributed by atoms with E-state index in [-0.39, 0.29) is 23.6 Å². The third-order valence-corrected chi connectivity index (χ3v) is 5.97. The summed E-state index contributed by atoms with van der Waals surface area (Å²) >= 11 is 5.47. The van der Waals surface area contributed by atoms with Gasteiger partial charge in [0, 0.05) is 48.9 Å². The average Bonchev–Trinajstić information content (AvgIpc) is 3.11. The lowest BCUT2D eigenvalue weighted by Crippen LogP contribution is -2.39. The van der Waals surface area contributed by atoms with Gasteiger partial charge in [0.25, 0.3) is 5.91 Å². The van der Waals surface area contributed by atoms with E-state index in [1.807, 2.05) is 61.3 Å². The van der Waals surface area contributed by atoms with Gasteiger partial charge in [0.2, 0.25) is 11.8 Å². The molecule has 1 atom stereocenters. The summed E-state index contributed by atoms with van der Waals surface area (Å²) in [6, 6.07) is 13.3. The van der Waals surface area contributed by atoms with Gasteiger partial charge in [-0.05, 0) is 36.3 Å². The molecule has 0 spiro atoms. The topological polar surface area (TPSA) is 99.8 Å². The predicted octanol–water partition coefficient (Wildman–Crippen LogP) is 3.30. The molecule has 3 N–H and O–H groups in total. The molecule has 2 heterocycles. The number of carbonyl (C=O) groups is 3. The average molecular weight is 481 g/mol. The van der Waals surface area contributed by atoms with Crippen LogP contribution in [0.1, 0.15) is 41.3 Å². The van der Waals surface area contributed by atoms with Crippen molar-refractivity contribution in [3.63, 3.8) is 0 Å². The number of benzene rings is 2. The Morgan fingerprint density at radius 2 is 1.94 bits per heavy atom. The first kappa shape index (κ1) is 24.9. The molecule has 1 saturated heterocycles. The lowest BCUT2D eigenvalue weighted by molar-refractivity contribution is -0.135. The quantitative estimate of drug-likeness (QED) is 0.456. The molecule has 2 aliphatic heterocycles. The Balaban J connectivity index is 0.000000302. The molecule has 2 aromatic carbocycles. The molecule has 8 nitrogen and oxygen atoms in total. The highest BCUT2D eigenvalue weighted by molar-refractivity contribution is 7.80. The highest BCUT2D eigenvalue weighted by atomic mass is 32.1. The van der Waals surface area contributed by atoms with Crippen molar-refractivity contribution in [2.75, 3.05) is 19.5 Å². The minimum absolute atomic E-state index is 0.0164. The zero-order valence-electron chi connectivity index (χ0n) is 19.4. The largest absolute Gasteiger partial charge is 0.497 e. The molecule has 2 aromatic rings. The van der Waals surface area contributed by atoms with Gasteiger partial charge in [-0.15, -0.1) is 0 Å². The first-order valence-corrected chi connectivity index (χ1v) is 11.2. The number of hydrogen-bond donors (Lipinski definition) is 3. The van der Waals surface area contributed by atoms with Gasteiger partial charge in [-0.25, -0.2) is 0 Å². The number of nitrogens with one attached hydrogen (secondary N) is 3. The van der Waals surface area contributed by atoms with Gasteiger partial charge < -0.3 is 20.3 Å². The van der Waals surface area contributed by atoms with E-state index in [1.54, 1.807) is 7.11 Å². The third-order valence-electron chi connectivity index (χ3n) is 5.56. The molecule has 0 aromatic heterocycles. The predicted molar refractivity (Wildman–Crippen MR) is 135 cm³/mol. The monoisotopic (exact) mass is 480 g/mol. The van der Waals surface area contributed by atoms with Crippen LogP contribution in [0.3, 0.4) is 0 Å². The number of rotatable bonds is 4. The molecule has 9 heteroatoms. The van der Waals surface area contributed by atoms with Crippen LogP contribution in [-0.4, -0.2) is 41.9 Å². The first-order valence-electron chi connectivity index (χ1n) is 10.8. The van der Waals surface area contributed by atoms with Crippen LogP contribution in [0, 0.1) is 5.92 Å². The van der Waals surface area contributed by atoms with Crippen molar-refractivity contribution in [2.45, 2.75) is 26.3 Å². The first-order chi connectivity index (χ1) is 16.2. The zero-order chi connectivity index (χ0) is 24.8.